The van der Waals surface area contributed by atoms with Crippen LogP contribution in [0.2, 0.25) is 0 Å². The summed E-state index contributed by atoms with van der Waals surface area (Å²) in [5, 5.41) is 11.0. The van der Waals surface area contributed by atoms with E-state index in [0.717, 1.165) is 23.1 Å². The fourth-order valence-electron chi connectivity index (χ4n) is 3.38. The number of nitrogens with one attached hydrogen (secondary N) is 2. The molecule has 0 aliphatic carbocycles. The maximum absolute atomic E-state index is 12.4. The molecule has 0 saturated heterocycles. The highest BCUT2D eigenvalue weighted by Crippen LogP contribution is 2.31. The predicted molar refractivity (Wildman–Crippen MR) is 119 cm³/mol. The maximum Gasteiger partial charge on any atom is 0.315 e. The fraction of sp³-hybridized carbons (Fsp3) is 0.250. The van der Waals surface area contributed by atoms with Crippen LogP contribution < -0.4 is 15.4 Å². The molecule has 0 aliphatic heterocycles. The highest BCUT2D eigenvalue weighted by molar-refractivity contribution is 5.84. The van der Waals surface area contributed by atoms with Gasteiger partial charge in [-0.2, -0.15) is 5.10 Å². The largest absolute Gasteiger partial charge is 0.490 e. The molecule has 0 saturated carbocycles. The van der Waals surface area contributed by atoms with E-state index in [4.69, 9.17) is 9.15 Å². The summed E-state index contributed by atoms with van der Waals surface area (Å²) in [6.07, 6.45) is 3.70. The van der Waals surface area contributed by atoms with Crippen molar-refractivity contribution in [2.75, 3.05) is 6.61 Å². The molecule has 4 rings (SSSR count). The average Bonchev–Trinajstić information content (AvgIpc) is 3.44. The van der Waals surface area contributed by atoms with Crippen LogP contribution in [0.3, 0.4) is 0 Å². The maximum atomic E-state index is 12.4. The quantitative estimate of drug-likeness (QED) is 0.437. The second kappa shape index (κ2) is 9.38. The molecule has 2 aromatic carbocycles. The molecule has 2 heterocycles. The lowest BCUT2D eigenvalue weighted by atomic mass is 10.1. The number of hydrogen-bond acceptors (Lipinski definition) is 4. The molecule has 2 amide bonds. The molecule has 31 heavy (non-hydrogen) atoms. The summed E-state index contributed by atoms with van der Waals surface area (Å²) in [4.78, 5) is 12.4. The van der Waals surface area contributed by atoms with E-state index in [1.54, 1.807) is 6.20 Å². The number of rotatable bonds is 8. The Hall–Kier alpha value is -3.74. The predicted octanol–water partition coefficient (Wildman–Crippen LogP) is 4.64. The van der Waals surface area contributed by atoms with Gasteiger partial charge in [0.1, 0.15) is 5.76 Å². The number of para-hydroxylation sites is 1. The topological polar surface area (TPSA) is 81.3 Å². The lowest BCUT2D eigenvalue weighted by molar-refractivity contribution is 0.236. The zero-order valence-electron chi connectivity index (χ0n) is 17.7. The fourth-order valence-corrected chi connectivity index (χ4v) is 3.38. The molecule has 2 N–H and O–H groups in total. The van der Waals surface area contributed by atoms with Gasteiger partial charge in [-0.15, -0.1) is 0 Å². The Labute approximate surface area is 181 Å². The van der Waals surface area contributed by atoms with Gasteiger partial charge in [-0.3, -0.25) is 4.68 Å². The van der Waals surface area contributed by atoms with Gasteiger partial charge in [0.15, 0.2) is 11.3 Å². The van der Waals surface area contributed by atoms with Gasteiger partial charge in [-0.1, -0.05) is 36.4 Å². The van der Waals surface area contributed by atoms with Crippen molar-refractivity contribution in [3.05, 3.63) is 83.9 Å². The van der Waals surface area contributed by atoms with Crippen molar-refractivity contribution in [2.45, 2.75) is 33.0 Å². The third-order valence-electron chi connectivity index (χ3n) is 4.98. The minimum Gasteiger partial charge on any atom is -0.490 e. The first-order valence-corrected chi connectivity index (χ1v) is 10.4. The highest BCUT2D eigenvalue weighted by atomic mass is 16.5. The first kappa shape index (κ1) is 20.5. The molecular formula is C24H26N4O3. The van der Waals surface area contributed by atoms with E-state index >= 15 is 0 Å². The van der Waals surface area contributed by atoms with Gasteiger partial charge in [0, 0.05) is 24.3 Å². The van der Waals surface area contributed by atoms with Crippen LogP contribution in [0.25, 0.3) is 11.0 Å². The Morgan fingerprint density at radius 1 is 1.16 bits per heavy atom. The van der Waals surface area contributed by atoms with Crippen LogP contribution in [-0.4, -0.2) is 22.4 Å². The molecule has 7 nitrogen and oxygen atoms in total. The van der Waals surface area contributed by atoms with Crippen molar-refractivity contribution in [3.8, 4) is 5.75 Å². The van der Waals surface area contributed by atoms with Crippen LogP contribution >= 0.6 is 0 Å². The molecule has 0 radical (unpaired) electrons. The SMILES string of the molecule is CCOc1cccc2cc(C(C)NC(=O)NCc3ccc(Cn4cccn4)cc3)oc12. The number of benzene rings is 2. The molecule has 0 bridgehead atoms. The standard InChI is InChI=1S/C24H26N4O3/c1-3-30-21-7-4-6-20-14-22(31-23(20)21)17(2)27-24(29)25-15-18-8-10-19(11-9-18)16-28-13-5-12-26-28/h4-14,17H,3,15-16H2,1-2H3,(H2,25,27,29). The van der Waals surface area contributed by atoms with Gasteiger partial charge in [0.25, 0.3) is 0 Å². The van der Waals surface area contributed by atoms with Crippen LogP contribution in [-0.2, 0) is 13.1 Å². The molecule has 1 atom stereocenters. The van der Waals surface area contributed by atoms with Crippen LogP contribution in [0.5, 0.6) is 5.75 Å². The second-order valence-corrected chi connectivity index (χ2v) is 7.33. The Balaban J connectivity index is 1.31. The Morgan fingerprint density at radius 3 is 2.71 bits per heavy atom. The Morgan fingerprint density at radius 2 is 1.97 bits per heavy atom. The number of furan rings is 1. The number of carbonyl (C=O) groups excluding carboxylic acids is 1. The van der Waals surface area contributed by atoms with E-state index in [2.05, 4.69) is 15.7 Å². The minimum absolute atomic E-state index is 0.251. The zero-order valence-corrected chi connectivity index (χ0v) is 17.7. The smallest absolute Gasteiger partial charge is 0.315 e. The van der Waals surface area contributed by atoms with Crippen LogP contribution in [0.4, 0.5) is 4.79 Å². The molecule has 1 unspecified atom stereocenters. The molecule has 0 aliphatic rings. The third-order valence-corrected chi connectivity index (χ3v) is 4.98. The van der Waals surface area contributed by atoms with E-state index in [1.807, 2.05) is 79.3 Å². The number of amides is 2. The number of carbonyl (C=O) groups is 1. The number of fused-ring (bicyclic) bond motifs is 1. The van der Waals surface area contributed by atoms with Crippen molar-refractivity contribution in [1.29, 1.82) is 0 Å². The molecule has 7 heteroatoms. The molecule has 0 fully saturated rings. The highest BCUT2D eigenvalue weighted by Gasteiger charge is 2.16. The van der Waals surface area contributed by atoms with E-state index < -0.39 is 0 Å². The summed E-state index contributed by atoms with van der Waals surface area (Å²) in [7, 11) is 0. The lowest BCUT2D eigenvalue weighted by Crippen LogP contribution is -2.36. The number of nitrogens with zero attached hydrogens (tertiary/aromatic N) is 2. The number of urea groups is 1. The second-order valence-electron chi connectivity index (χ2n) is 7.33. The normalized spacial score (nSPS) is 11.9. The van der Waals surface area contributed by atoms with E-state index in [0.29, 0.717) is 30.2 Å². The first-order valence-electron chi connectivity index (χ1n) is 10.4. The monoisotopic (exact) mass is 418 g/mol. The van der Waals surface area contributed by atoms with Crippen LogP contribution in [0, 0.1) is 0 Å². The Kier molecular flexibility index (Phi) is 6.21. The van der Waals surface area contributed by atoms with Crippen molar-refractivity contribution < 1.29 is 13.9 Å². The molecular weight excluding hydrogens is 392 g/mol. The molecule has 0 spiro atoms. The summed E-state index contributed by atoms with van der Waals surface area (Å²) in [5.41, 5.74) is 2.88. The van der Waals surface area contributed by atoms with Gasteiger partial charge in [0.05, 0.1) is 19.2 Å². The van der Waals surface area contributed by atoms with Gasteiger partial charge >= 0.3 is 6.03 Å². The minimum atomic E-state index is -0.279. The Bertz CT molecular complexity index is 1130. The van der Waals surface area contributed by atoms with Crippen molar-refractivity contribution in [2.24, 2.45) is 0 Å². The number of ether oxygens (including phenoxy) is 1. The van der Waals surface area contributed by atoms with Gasteiger partial charge in [-0.05, 0) is 43.2 Å². The van der Waals surface area contributed by atoms with Gasteiger partial charge in [-0.25, -0.2) is 4.79 Å². The van der Waals surface area contributed by atoms with Crippen molar-refractivity contribution in [3.63, 3.8) is 0 Å². The summed E-state index contributed by atoms with van der Waals surface area (Å²) in [5.74, 6) is 1.39. The molecule has 4 aromatic rings. The summed E-state index contributed by atoms with van der Waals surface area (Å²) < 4.78 is 13.5. The van der Waals surface area contributed by atoms with E-state index in [1.165, 1.54) is 0 Å². The van der Waals surface area contributed by atoms with Gasteiger partial charge < -0.3 is 19.8 Å². The lowest BCUT2D eigenvalue weighted by Gasteiger charge is -2.13. The summed E-state index contributed by atoms with van der Waals surface area (Å²) >= 11 is 0. The summed E-state index contributed by atoms with van der Waals surface area (Å²) in [6, 6.07) is 17.2. The van der Waals surface area contributed by atoms with Crippen molar-refractivity contribution >= 4 is 17.0 Å². The molecule has 2 aromatic heterocycles. The summed E-state index contributed by atoms with van der Waals surface area (Å²) in [6.45, 7) is 5.55. The zero-order chi connectivity index (χ0) is 21.6. The van der Waals surface area contributed by atoms with E-state index in [9.17, 15) is 4.79 Å². The van der Waals surface area contributed by atoms with E-state index in [-0.39, 0.29) is 12.1 Å². The number of hydrogen-bond donors (Lipinski definition) is 2. The van der Waals surface area contributed by atoms with Crippen LogP contribution in [0.15, 0.2) is 71.4 Å². The van der Waals surface area contributed by atoms with Crippen LogP contribution in [0.1, 0.15) is 36.8 Å². The van der Waals surface area contributed by atoms with Crippen molar-refractivity contribution in [1.82, 2.24) is 20.4 Å². The molecule has 160 valence electrons. The average molecular weight is 418 g/mol. The van der Waals surface area contributed by atoms with Gasteiger partial charge in [0.2, 0.25) is 0 Å². The third kappa shape index (κ3) is 5.06. The number of aromatic nitrogens is 2. The first-order chi connectivity index (χ1) is 15.1.